The van der Waals surface area contributed by atoms with Crippen LogP contribution in [-0.2, 0) is 0 Å². The van der Waals surface area contributed by atoms with Crippen LogP contribution >= 0.6 is 15.9 Å². The quantitative estimate of drug-likeness (QED) is 0.838. The summed E-state index contributed by atoms with van der Waals surface area (Å²) in [5.74, 6) is -1.25. The van der Waals surface area contributed by atoms with Crippen molar-refractivity contribution in [2.24, 2.45) is 0 Å². The lowest BCUT2D eigenvalue weighted by atomic mass is 10.2. The van der Waals surface area contributed by atoms with Crippen LogP contribution in [0.3, 0.4) is 0 Å². The van der Waals surface area contributed by atoms with Gasteiger partial charge in [-0.15, -0.1) is 0 Å². The summed E-state index contributed by atoms with van der Waals surface area (Å²) in [6.07, 6.45) is 0.997. The van der Waals surface area contributed by atoms with E-state index in [1.807, 2.05) is 6.92 Å². The summed E-state index contributed by atoms with van der Waals surface area (Å²) in [5.41, 5.74) is -0.0398. The molecule has 1 atom stereocenters. The molecule has 0 aliphatic carbocycles. The van der Waals surface area contributed by atoms with E-state index in [-0.39, 0.29) is 11.6 Å². The van der Waals surface area contributed by atoms with Crippen molar-refractivity contribution in [3.63, 3.8) is 0 Å². The molecule has 2 rings (SSSR count). The second-order valence-electron chi connectivity index (χ2n) is 4.22. The molecule has 1 unspecified atom stereocenters. The number of halogens is 3. The maximum absolute atomic E-state index is 13.6. The molecule has 5 heteroatoms. The smallest absolute Gasteiger partial charge is 0.201 e. The first-order valence-electron chi connectivity index (χ1n) is 5.85. The van der Waals surface area contributed by atoms with Crippen molar-refractivity contribution < 1.29 is 13.2 Å². The van der Waals surface area contributed by atoms with E-state index >= 15 is 0 Å². The minimum absolute atomic E-state index is 0.0355. The second-order valence-corrected chi connectivity index (χ2v) is 5.08. The summed E-state index contributed by atoms with van der Waals surface area (Å²) in [4.78, 5) is 0. The van der Waals surface area contributed by atoms with Gasteiger partial charge in [-0.2, -0.15) is 4.39 Å². The standard InChI is InChI=1S/C13H14BrF2NO/c1-3-4-17-7(2)11-5-8-9(14)6-10(15)12(16)13(8)18-11/h5-7,17H,3-4H2,1-2H3. The van der Waals surface area contributed by atoms with E-state index in [0.717, 1.165) is 19.0 Å². The molecule has 0 saturated carbocycles. The van der Waals surface area contributed by atoms with Crippen LogP contribution in [0.25, 0.3) is 11.0 Å². The number of fused-ring (bicyclic) bond motifs is 1. The van der Waals surface area contributed by atoms with Gasteiger partial charge < -0.3 is 9.73 Å². The number of hydrogen-bond donors (Lipinski definition) is 1. The maximum Gasteiger partial charge on any atom is 0.201 e. The summed E-state index contributed by atoms with van der Waals surface area (Å²) in [7, 11) is 0. The lowest BCUT2D eigenvalue weighted by Crippen LogP contribution is -2.18. The van der Waals surface area contributed by atoms with Crippen molar-refractivity contribution in [3.8, 4) is 0 Å². The van der Waals surface area contributed by atoms with Gasteiger partial charge in [0.05, 0.1) is 6.04 Å². The van der Waals surface area contributed by atoms with Gasteiger partial charge in [0.1, 0.15) is 5.76 Å². The van der Waals surface area contributed by atoms with Crippen LogP contribution in [0, 0.1) is 11.6 Å². The fraction of sp³-hybridized carbons (Fsp3) is 0.385. The van der Waals surface area contributed by atoms with Gasteiger partial charge in [-0.05, 0) is 48.0 Å². The molecule has 0 aliphatic heterocycles. The Morgan fingerprint density at radius 2 is 2.11 bits per heavy atom. The molecule has 0 spiro atoms. The Kier molecular flexibility index (Phi) is 4.02. The highest BCUT2D eigenvalue weighted by Gasteiger charge is 2.18. The van der Waals surface area contributed by atoms with Crippen LogP contribution in [0.4, 0.5) is 8.78 Å². The van der Waals surface area contributed by atoms with Gasteiger partial charge in [-0.3, -0.25) is 0 Å². The van der Waals surface area contributed by atoms with Crippen LogP contribution in [0.5, 0.6) is 0 Å². The normalized spacial score (nSPS) is 13.2. The first kappa shape index (κ1) is 13.5. The predicted molar refractivity (Wildman–Crippen MR) is 70.5 cm³/mol. The van der Waals surface area contributed by atoms with Crippen molar-refractivity contribution in [1.82, 2.24) is 5.32 Å². The molecule has 0 radical (unpaired) electrons. The summed E-state index contributed by atoms with van der Waals surface area (Å²) >= 11 is 3.21. The summed E-state index contributed by atoms with van der Waals surface area (Å²) in [5, 5.41) is 3.79. The Hall–Kier alpha value is -0.940. The van der Waals surface area contributed by atoms with Gasteiger partial charge in [0.2, 0.25) is 5.82 Å². The zero-order valence-corrected chi connectivity index (χ0v) is 11.8. The van der Waals surface area contributed by atoms with Gasteiger partial charge in [0, 0.05) is 9.86 Å². The van der Waals surface area contributed by atoms with E-state index in [0.29, 0.717) is 15.6 Å². The molecule has 0 bridgehead atoms. The number of hydrogen-bond acceptors (Lipinski definition) is 2. The van der Waals surface area contributed by atoms with Crippen LogP contribution in [0.2, 0.25) is 0 Å². The highest BCUT2D eigenvalue weighted by Crippen LogP contribution is 2.33. The molecule has 1 N–H and O–H groups in total. The molecule has 1 heterocycles. The van der Waals surface area contributed by atoms with Crippen molar-refractivity contribution in [2.75, 3.05) is 6.54 Å². The van der Waals surface area contributed by atoms with Gasteiger partial charge >= 0.3 is 0 Å². The largest absolute Gasteiger partial charge is 0.456 e. The number of rotatable bonds is 4. The summed E-state index contributed by atoms with van der Waals surface area (Å²) < 4.78 is 32.7. The van der Waals surface area contributed by atoms with Gasteiger partial charge in [-0.25, -0.2) is 4.39 Å². The van der Waals surface area contributed by atoms with Crippen LogP contribution in [0.1, 0.15) is 32.1 Å². The zero-order valence-electron chi connectivity index (χ0n) is 10.2. The van der Waals surface area contributed by atoms with E-state index < -0.39 is 11.6 Å². The van der Waals surface area contributed by atoms with Gasteiger partial charge in [0.25, 0.3) is 0 Å². The number of furan rings is 1. The number of nitrogens with one attached hydrogen (secondary N) is 1. The Bertz CT molecular complexity index is 568. The Labute approximate surface area is 112 Å². The monoisotopic (exact) mass is 317 g/mol. The molecule has 2 aromatic rings. The molecule has 2 nitrogen and oxygen atoms in total. The Balaban J connectivity index is 2.44. The van der Waals surface area contributed by atoms with Crippen LogP contribution in [-0.4, -0.2) is 6.54 Å². The van der Waals surface area contributed by atoms with Crippen LogP contribution < -0.4 is 5.32 Å². The van der Waals surface area contributed by atoms with Crippen molar-refractivity contribution in [2.45, 2.75) is 26.3 Å². The third kappa shape index (κ3) is 2.42. The van der Waals surface area contributed by atoms with E-state index in [4.69, 9.17) is 4.42 Å². The molecular formula is C13H14BrF2NO. The fourth-order valence-corrected chi connectivity index (χ4v) is 2.28. The van der Waals surface area contributed by atoms with Crippen molar-refractivity contribution in [3.05, 3.63) is 34.0 Å². The highest BCUT2D eigenvalue weighted by molar-refractivity contribution is 9.10. The molecule has 0 saturated heterocycles. The Morgan fingerprint density at radius 3 is 2.78 bits per heavy atom. The van der Waals surface area contributed by atoms with E-state index in [1.54, 1.807) is 6.07 Å². The summed E-state index contributed by atoms with van der Waals surface area (Å²) in [6, 6.07) is 2.81. The highest BCUT2D eigenvalue weighted by atomic mass is 79.9. The van der Waals surface area contributed by atoms with E-state index in [9.17, 15) is 8.78 Å². The maximum atomic E-state index is 13.6. The molecule has 0 aliphatic rings. The minimum atomic E-state index is -0.942. The average molecular weight is 318 g/mol. The Morgan fingerprint density at radius 1 is 1.39 bits per heavy atom. The fourth-order valence-electron chi connectivity index (χ4n) is 1.79. The SMILES string of the molecule is CCCNC(C)c1cc2c(Br)cc(F)c(F)c2o1. The number of benzene rings is 1. The molecule has 1 aromatic carbocycles. The van der Waals surface area contributed by atoms with E-state index in [2.05, 4.69) is 28.2 Å². The zero-order chi connectivity index (χ0) is 13.3. The molecule has 1 aromatic heterocycles. The third-order valence-electron chi connectivity index (χ3n) is 2.80. The third-order valence-corrected chi connectivity index (χ3v) is 3.45. The molecule has 98 valence electrons. The van der Waals surface area contributed by atoms with Crippen LogP contribution in [0.15, 0.2) is 21.0 Å². The average Bonchev–Trinajstić information content (AvgIpc) is 2.79. The lowest BCUT2D eigenvalue weighted by Gasteiger charge is -2.09. The topological polar surface area (TPSA) is 25.2 Å². The van der Waals surface area contributed by atoms with Gasteiger partial charge in [-0.1, -0.05) is 6.92 Å². The molecule has 0 fully saturated rings. The van der Waals surface area contributed by atoms with Gasteiger partial charge in [0.15, 0.2) is 11.4 Å². The molecule has 0 amide bonds. The predicted octanol–water partition coefficient (Wildman–Crippen LogP) is 4.53. The van der Waals surface area contributed by atoms with Crippen molar-refractivity contribution in [1.29, 1.82) is 0 Å². The molecular weight excluding hydrogens is 304 g/mol. The van der Waals surface area contributed by atoms with Crippen molar-refractivity contribution >= 4 is 26.9 Å². The second kappa shape index (κ2) is 5.36. The minimum Gasteiger partial charge on any atom is -0.456 e. The first-order valence-corrected chi connectivity index (χ1v) is 6.64. The summed E-state index contributed by atoms with van der Waals surface area (Å²) in [6.45, 7) is 4.83. The van der Waals surface area contributed by atoms with E-state index in [1.165, 1.54) is 0 Å². The molecule has 18 heavy (non-hydrogen) atoms. The first-order chi connectivity index (χ1) is 8.54. The lowest BCUT2D eigenvalue weighted by molar-refractivity contribution is 0.434.